The summed E-state index contributed by atoms with van der Waals surface area (Å²) >= 11 is 3.56. The largest absolute Gasteiger partial charge is 0.462 e. The molecule has 0 spiro atoms. The van der Waals surface area contributed by atoms with Gasteiger partial charge in [0.25, 0.3) is 0 Å². The van der Waals surface area contributed by atoms with Crippen molar-refractivity contribution in [1.82, 2.24) is 10.2 Å². The highest BCUT2D eigenvalue weighted by Crippen LogP contribution is 2.35. The first-order chi connectivity index (χ1) is 16.7. The summed E-state index contributed by atoms with van der Waals surface area (Å²) in [4.78, 5) is 37.7. The fourth-order valence-electron chi connectivity index (χ4n) is 3.05. The van der Waals surface area contributed by atoms with Crippen LogP contribution in [0.2, 0.25) is 0 Å². The van der Waals surface area contributed by atoms with Crippen LogP contribution in [-0.4, -0.2) is 47.0 Å². The van der Waals surface area contributed by atoms with Gasteiger partial charge < -0.3 is 20.1 Å². The van der Waals surface area contributed by atoms with Crippen LogP contribution in [0.25, 0.3) is 0 Å². The number of benzene rings is 1. The first-order valence-electron chi connectivity index (χ1n) is 10.8. The minimum absolute atomic E-state index is 0.0477. The fraction of sp³-hybridized carbons (Fsp3) is 0.348. The Kier molecular flexibility index (Phi) is 9.24. The molecule has 0 bridgehead atoms. The molecule has 9 nitrogen and oxygen atoms in total. The van der Waals surface area contributed by atoms with E-state index in [1.54, 1.807) is 20.8 Å². The van der Waals surface area contributed by atoms with E-state index in [4.69, 9.17) is 9.47 Å². The quantitative estimate of drug-likeness (QED) is 0.262. The van der Waals surface area contributed by atoms with Gasteiger partial charge in [0.05, 0.1) is 24.5 Å². The number of hydrogen-bond donors (Lipinski definition) is 2. The molecule has 2 aromatic heterocycles. The Hall–Kier alpha value is -2.96. The van der Waals surface area contributed by atoms with Crippen molar-refractivity contribution in [1.29, 1.82) is 0 Å². The van der Waals surface area contributed by atoms with Gasteiger partial charge in [0.1, 0.15) is 9.88 Å². The van der Waals surface area contributed by atoms with Gasteiger partial charge in [0.15, 0.2) is 4.34 Å². The predicted octanol–water partition coefficient (Wildman–Crippen LogP) is 5.35. The van der Waals surface area contributed by atoms with E-state index in [9.17, 15) is 14.4 Å². The smallest absolute Gasteiger partial charge is 0.348 e. The molecule has 1 aromatic carbocycles. The van der Waals surface area contributed by atoms with Gasteiger partial charge in [-0.2, -0.15) is 0 Å². The fourth-order valence-corrected chi connectivity index (χ4v) is 5.72. The molecule has 186 valence electrons. The molecule has 2 N–H and O–H groups in total. The molecule has 0 saturated carbocycles. The lowest BCUT2D eigenvalue weighted by molar-refractivity contribution is -0.113. The van der Waals surface area contributed by atoms with Crippen LogP contribution in [0, 0.1) is 20.8 Å². The van der Waals surface area contributed by atoms with E-state index in [2.05, 4.69) is 20.8 Å². The number of anilines is 3. The van der Waals surface area contributed by atoms with Crippen molar-refractivity contribution in [2.75, 3.05) is 29.6 Å². The van der Waals surface area contributed by atoms with Crippen molar-refractivity contribution in [3.8, 4) is 0 Å². The number of esters is 2. The van der Waals surface area contributed by atoms with Crippen molar-refractivity contribution in [2.45, 2.75) is 39.0 Å². The van der Waals surface area contributed by atoms with Gasteiger partial charge in [0.2, 0.25) is 11.0 Å². The summed E-state index contributed by atoms with van der Waals surface area (Å²) in [6.45, 7) is 9.45. The summed E-state index contributed by atoms with van der Waals surface area (Å²) in [7, 11) is 0. The van der Waals surface area contributed by atoms with E-state index in [0.29, 0.717) is 15.0 Å². The third-order valence-electron chi connectivity index (χ3n) is 4.92. The maximum atomic E-state index is 12.7. The average molecular weight is 535 g/mol. The Balaban J connectivity index is 1.67. The first-order valence-corrected chi connectivity index (χ1v) is 13.4. The monoisotopic (exact) mass is 534 g/mol. The summed E-state index contributed by atoms with van der Waals surface area (Å²) in [5.74, 6) is -1.46. The maximum absolute atomic E-state index is 12.7. The maximum Gasteiger partial charge on any atom is 0.348 e. The van der Waals surface area contributed by atoms with Gasteiger partial charge in [-0.25, -0.2) is 9.59 Å². The Bertz CT molecular complexity index is 1240. The highest BCUT2D eigenvalue weighted by Gasteiger charge is 2.27. The zero-order valence-corrected chi connectivity index (χ0v) is 22.5. The highest BCUT2D eigenvalue weighted by atomic mass is 32.2. The summed E-state index contributed by atoms with van der Waals surface area (Å²) in [5.41, 5.74) is 3.83. The third-order valence-corrected chi connectivity index (χ3v) is 8.08. The van der Waals surface area contributed by atoms with Gasteiger partial charge in [-0.1, -0.05) is 35.2 Å². The molecule has 12 heteroatoms. The summed E-state index contributed by atoms with van der Waals surface area (Å²) in [6.07, 6.45) is 0. The van der Waals surface area contributed by atoms with Crippen molar-refractivity contribution >= 4 is 68.1 Å². The number of nitrogens with zero attached hydrogens (tertiary/aromatic N) is 2. The molecule has 0 unspecified atom stereocenters. The number of aryl methyl sites for hydroxylation is 1. The van der Waals surface area contributed by atoms with E-state index in [1.165, 1.54) is 28.7 Å². The summed E-state index contributed by atoms with van der Waals surface area (Å²) < 4.78 is 10.8. The van der Waals surface area contributed by atoms with Crippen molar-refractivity contribution in [2.24, 2.45) is 0 Å². The lowest BCUT2D eigenvalue weighted by Crippen LogP contribution is -2.16. The van der Waals surface area contributed by atoms with E-state index in [1.807, 2.05) is 32.0 Å². The number of carbonyl (C=O) groups is 3. The van der Waals surface area contributed by atoms with Gasteiger partial charge in [-0.15, -0.1) is 21.5 Å². The second kappa shape index (κ2) is 12.1. The molecule has 3 aromatic rings. The molecule has 35 heavy (non-hydrogen) atoms. The average Bonchev–Trinajstić information content (AvgIpc) is 3.39. The number of aromatic nitrogens is 2. The van der Waals surface area contributed by atoms with Gasteiger partial charge >= 0.3 is 11.9 Å². The van der Waals surface area contributed by atoms with E-state index < -0.39 is 11.9 Å². The van der Waals surface area contributed by atoms with Gasteiger partial charge in [-0.05, 0) is 57.4 Å². The minimum Gasteiger partial charge on any atom is -0.462 e. The molecule has 3 rings (SSSR count). The van der Waals surface area contributed by atoms with Crippen LogP contribution < -0.4 is 10.6 Å². The zero-order valence-electron chi connectivity index (χ0n) is 20.0. The van der Waals surface area contributed by atoms with Crippen LogP contribution in [0.15, 0.2) is 22.5 Å². The van der Waals surface area contributed by atoms with Gasteiger partial charge in [-0.3, -0.25) is 4.79 Å². The number of rotatable bonds is 10. The normalized spacial score (nSPS) is 10.7. The minimum atomic E-state index is -0.606. The number of thioether (sulfide) groups is 1. The van der Waals surface area contributed by atoms with Crippen LogP contribution in [-0.2, 0) is 14.3 Å². The molecule has 0 saturated heterocycles. The lowest BCUT2D eigenvalue weighted by atomic mass is 10.1. The molecular formula is C23H26N4O5S3. The number of amides is 1. The van der Waals surface area contributed by atoms with Crippen LogP contribution in [0.1, 0.15) is 50.6 Å². The summed E-state index contributed by atoms with van der Waals surface area (Å²) in [5, 5.41) is 15.1. The lowest BCUT2D eigenvalue weighted by Gasteiger charge is -2.08. The Morgan fingerprint density at radius 3 is 2.40 bits per heavy atom. The number of nitrogens with one attached hydrogen (secondary N) is 2. The summed E-state index contributed by atoms with van der Waals surface area (Å²) in [6, 6.07) is 5.98. The van der Waals surface area contributed by atoms with E-state index in [-0.39, 0.29) is 40.3 Å². The third kappa shape index (κ3) is 6.59. The van der Waals surface area contributed by atoms with Crippen LogP contribution >= 0.6 is 34.4 Å². The Labute approximate surface area is 215 Å². The number of carbonyl (C=O) groups excluding carboxylic acids is 3. The van der Waals surface area contributed by atoms with E-state index >= 15 is 0 Å². The van der Waals surface area contributed by atoms with Crippen molar-refractivity contribution < 1.29 is 23.9 Å². The standard InChI is InChI=1S/C23H26N4O5S3/c1-6-31-20(29)17-14(5)18(21(30)32-7-2)34-19(17)25-16(28)11-33-23-27-26-22(35-23)24-15-10-8-9-12(3)13(15)4/h8-10H,6-7,11H2,1-5H3,(H,24,26)(H,25,28). The molecule has 0 aliphatic rings. The highest BCUT2D eigenvalue weighted by molar-refractivity contribution is 8.01. The molecule has 0 aliphatic heterocycles. The molecule has 0 atom stereocenters. The van der Waals surface area contributed by atoms with Crippen LogP contribution in [0.5, 0.6) is 0 Å². The van der Waals surface area contributed by atoms with E-state index in [0.717, 1.165) is 22.6 Å². The molecule has 0 fully saturated rings. The number of thiophene rings is 1. The number of ether oxygens (including phenoxy) is 2. The van der Waals surface area contributed by atoms with Crippen molar-refractivity contribution in [3.05, 3.63) is 45.3 Å². The SMILES string of the molecule is CCOC(=O)c1sc(NC(=O)CSc2nnc(Nc3cccc(C)c3C)s2)c(C(=O)OCC)c1C. The Morgan fingerprint density at radius 1 is 0.971 bits per heavy atom. The molecule has 1 amide bonds. The van der Waals surface area contributed by atoms with Crippen LogP contribution in [0.3, 0.4) is 0 Å². The van der Waals surface area contributed by atoms with Crippen molar-refractivity contribution in [3.63, 3.8) is 0 Å². The second-order valence-electron chi connectivity index (χ2n) is 7.28. The first kappa shape index (κ1) is 26.6. The number of hydrogen-bond acceptors (Lipinski definition) is 11. The predicted molar refractivity (Wildman–Crippen MR) is 139 cm³/mol. The zero-order chi connectivity index (χ0) is 25.5. The molecule has 0 aliphatic carbocycles. The van der Waals surface area contributed by atoms with Crippen LogP contribution in [0.4, 0.5) is 15.8 Å². The molecular weight excluding hydrogens is 508 g/mol. The topological polar surface area (TPSA) is 120 Å². The molecule has 0 radical (unpaired) electrons. The Morgan fingerprint density at radius 2 is 1.69 bits per heavy atom. The second-order valence-corrected chi connectivity index (χ2v) is 10.5. The molecule has 2 heterocycles. The van der Waals surface area contributed by atoms with Gasteiger partial charge in [0, 0.05) is 5.69 Å².